The normalized spacial score (nSPS) is 16.0. The second-order valence-corrected chi connectivity index (χ2v) is 3.16. The molecule has 0 heterocycles. The van der Waals surface area contributed by atoms with E-state index in [1.807, 2.05) is 0 Å². The highest BCUT2D eigenvalue weighted by Crippen LogP contribution is 1.86. The molecule has 3 nitrogen and oxygen atoms in total. The molecule has 0 aliphatic rings. The first-order valence-electron chi connectivity index (χ1n) is 4.67. The Hall–Kier alpha value is -0.120. The van der Waals surface area contributed by atoms with Gasteiger partial charge in [-0.3, -0.25) is 0 Å². The first kappa shape index (κ1) is 11.9. The van der Waals surface area contributed by atoms with Crippen LogP contribution >= 0.6 is 0 Å². The van der Waals surface area contributed by atoms with Crippen molar-refractivity contribution in [1.29, 1.82) is 0 Å². The molecule has 0 aliphatic heterocycles. The number of likely N-dealkylation sites (N-methyl/N-ethyl adjacent to an activating group) is 1. The lowest BCUT2D eigenvalue weighted by molar-refractivity contribution is 0.115. The predicted molar refractivity (Wildman–Crippen MR) is 52.5 cm³/mol. The maximum absolute atomic E-state index is 5.12. The van der Waals surface area contributed by atoms with Crippen molar-refractivity contribution in [3.63, 3.8) is 0 Å². The molecule has 12 heavy (non-hydrogen) atoms. The number of hydrogen-bond acceptors (Lipinski definition) is 3. The third-order valence-corrected chi connectivity index (χ3v) is 1.86. The second-order valence-electron chi connectivity index (χ2n) is 3.16. The van der Waals surface area contributed by atoms with Gasteiger partial charge in [0.2, 0.25) is 0 Å². The maximum Gasteiger partial charge on any atom is 0.0667 e. The summed E-state index contributed by atoms with van der Waals surface area (Å²) in [5.41, 5.74) is 0. The molecule has 0 aromatic carbocycles. The van der Waals surface area contributed by atoms with Crippen LogP contribution in [0.25, 0.3) is 0 Å². The van der Waals surface area contributed by atoms with Gasteiger partial charge in [-0.05, 0) is 20.4 Å². The molecule has 0 aliphatic carbocycles. The van der Waals surface area contributed by atoms with Gasteiger partial charge in [-0.25, -0.2) is 0 Å². The molecule has 2 atom stereocenters. The van der Waals surface area contributed by atoms with E-state index in [1.165, 1.54) is 0 Å². The van der Waals surface area contributed by atoms with Gasteiger partial charge < -0.3 is 15.4 Å². The van der Waals surface area contributed by atoms with Crippen molar-refractivity contribution < 1.29 is 4.74 Å². The highest BCUT2D eigenvalue weighted by atomic mass is 16.5. The summed E-state index contributed by atoms with van der Waals surface area (Å²) in [6.07, 6.45) is 0.300. The first-order valence-corrected chi connectivity index (χ1v) is 4.67. The van der Waals surface area contributed by atoms with Crippen molar-refractivity contribution in [2.45, 2.75) is 32.9 Å². The second kappa shape index (κ2) is 7.53. The average molecular weight is 174 g/mol. The van der Waals surface area contributed by atoms with Gasteiger partial charge in [-0.15, -0.1) is 0 Å². The molecule has 0 aromatic rings. The van der Waals surface area contributed by atoms with Gasteiger partial charge in [0.15, 0.2) is 0 Å². The minimum Gasteiger partial charge on any atom is -0.380 e. The average Bonchev–Trinajstić information content (AvgIpc) is 2.10. The van der Waals surface area contributed by atoms with Gasteiger partial charge in [-0.1, -0.05) is 6.92 Å². The molecular formula is C9H22N2O. The van der Waals surface area contributed by atoms with Crippen molar-refractivity contribution >= 4 is 0 Å². The molecule has 3 heteroatoms. The van der Waals surface area contributed by atoms with E-state index in [0.717, 1.165) is 19.6 Å². The fraction of sp³-hybridized carbons (Fsp3) is 1.00. The molecule has 2 unspecified atom stereocenters. The maximum atomic E-state index is 5.12. The third-order valence-electron chi connectivity index (χ3n) is 1.86. The van der Waals surface area contributed by atoms with E-state index in [2.05, 4.69) is 31.4 Å². The number of ether oxygens (including phenoxy) is 1. The molecule has 0 bridgehead atoms. The van der Waals surface area contributed by atoms with Gasteiger partial charge in [0.1, 0.15) is 0 Å². The molecule has 0 fully saturated rings. The Bertz CT molecular complexity index is 98.5. The van der Waals surface area contributed by atoms with E-state index in [9.17, 15) is 0 Å². The molecule has 0 spiro atoms. The molecule has 2 N–H and O–H groups in total. The van der Waals surface area contributed by atoms with Crippen molar-refractivity contribution in [3.05, 3.63) is 0 Å². The van der Waals surface area contributed by atoms with Crippen LogP contribution in [0.3, 0.4) is 0 Å². The predicted octanol–water partition coefficient (Wildman–Crippen LogP) is 0.609. The number of nitrogens with one attached hydrogen (secondary N) is 2. The Balaban J connectivity index is 3.24. The van der Waals surface area contributed by atoms with Gasteiger partial charge in [0.25, 0.3) is 0 Å². The van der Waals surface area contributed by atoms with Crippen molar-refractivity contribution in [3.8, 4) is 0 Å². The molecule has 0 aromatic heterocycles. The Morgan fingerprint density at radius 1 is 1.25 bits per heavy atom. The van der Waals surface area contributed by atoms with Gasteiger partial charge in [0.05, 0.1) is 6.10 Å². The largest absolute Gasteiger partial charge is 0.380 e. The van der Waals surface area contributed by atoms with Gasteiger partial charge in [0, 0.05) is 26.2 Å². The van der Waals surface area contributed by atoms with E-state index >= 15 is 0 Å². The van der Waals surface area contributed by atoms with E-state index in [0.29, 0.717) is 12.1 Å². The van der Waals surface area contributed by atoms with Crippen LogP contribution in [0.5, 0.6) is 0 Å². The zero-order valence-electron chi connectivity index (χ0n) is 8.68. The van der Waals surface area contributed by atoms with Crippen molar-refractivity contribution in [2.75, 3.05) is 26.7 Å². The molecule has 0 saturated heterocycles. The van der Waals surface area contributed by atoms with Crippen LogP contribution in [0, 0.1) is 0 Å². The van der Waals surface area contributed by atoms with Crippen LogP contribution in [-0.4, -0.2) is 38.9 Å². The summed E-state index contributed by atoms with van der Waals surface area (Å²) in [4.78, 5) is 0. The molecule has 0 saturated carbocycles. The Kier molecular flexibility index (Phi) is 7.45. The molecule has 74 valence electrons. The Morgan fingerprint density at radius 3 is 2.42 bits per heavy atom. The van der Waals surface area contributed by atoms with Crippen molar-refractivity contribution in [2.24, 2.45) is 0 Å². The lowest BCUT2D eigenvalue weighted by atomic mass is 10.3. The number of hydrogen-bond donors (Lipinski definition) is 2. The van der Waals surface area contributed by atoms with Gasteiger partial charge >= 0.3 is 0 Å². The Labute approximate surface area is 75.9 Å². The van der Waals surface area contributed by atoms with Crippen LogP contribution in [0.2, 0.25) is 0 Å². The van der Waals surface area contributed by atoms with Crippen LogP contribution in [0.1, 0.15) is 20.8 Å². The monoisotopic (exact) mass is 174 g/mol. The summed E-state index contributed by atoms with van der Waals surface area (Å²) in [5.74, 6) is 0. The van der Waals surface area contributed by atoms with Crippen molar-refractivity contribution in [1.82, 2.24) is 10.6 Å². The van der Waals surface area contributed by atoms with Crippen LogP contribution in [0.15, 0.2) is 0 Å². The number of methoxy groups -OCH3 is 1. The van der Waals surface area contributed by atoms with Crippen LogP contribution < -0.4 is 10.6 Å². The topological polar surface area (TPSA) is 33.3 Å². The summed E-state index contributed by atoms with van der Waals surface area (Å²) in [7, 11) is 1.74. The highest BCUT2D eigenvalue weighted by molar-refractivity contribution is 4.65. The zero-order chi connectivity index (χ0) is 9.40. The quantitative estimate of drug-likeness (QED) is 0.593. The summed E-state index contributed by atoms with van der Waals surface area (Å²) in [6.45, 7) is 9.32. The minimum atomic E-state index is 0.300. The van der Waals surface area contributed by atoms with E-state index in [1.54, 1.807) is 7.11 Å². The third kappa shape index (κ3) is 6.58. The Morgan fingerprint density at radius 2 is 1.92 bits per heavy atom. The standard InChI is InChI=1S/C9H22N2O/c1-5-10-6-8(2)11-7-9(3)12-4/h8-11H,5-7H2,1-4H3. The molecule has 0 rings (SSSR count). The smallest absolute Gasteiger partial charge is 0.0667 e. The summed E-state index contributed by atoms with van der Waals surface area (Å²) in [5, 5.41) is 6.67. The lowest BCUT2D eigenvalue weighted by Crippen LogP contribution is -2.39. The lowest BCUT2D eigenvalue weighted by Gasteiger charge is -2.16. The van der Waals surface area contributed by atoms with E-state index in [-0.39, 0.29) is 0 Å². The zero-order valence-corrected chi connectivity index (χ0v) is 8.68. The fourth-order valence-corrected chi connectivity index (χ4v) is 0.883. The highest BCUT2D eigenvalue weighted by Gasteiger charge is 2.02. The van der Waals surface area contributed by atoms with Crippen LogP contribution in [-0.2, 0) is 4.74 Å². The summed E-state index contributed by atoms with van der Waals surface area (Å²) >= 11 is 0. The van der Waals surface area contributed by atoms with Gasteiger partial charge in [-0.2, -0.15) is 0 Å². The first-order chi connectivity index (χ1) is 5.70. The SMILES string of the molecule is CCNCC(C)NCC(C)OC. The summed E-state index contributed by atoms with van der Waals surface area (Å²) in [6, 6.07) is 0.516. The molecule has 0 amide bonds. The summed E-state index contributed by atoms with van der Waals surface area (Å²) < 4.78 is 5.12. The molecular weight excluding hydrogens is 152 g/mol. The van der Waals surface area contributed by atoms with Crippen LogP contribution in [0.4, 0.5) is 0 Å². The molecule has 0 radical (unpaired) electrons. The minimum absolute atomic E-state index is 0.300. The van der Waals surface area contributed by atoms with E-state index in [4.69, 9.17) is 4.74 Å². The van der Waals surface area contributed by atoms with E-state index < -0.39 is 0 Å². The fourth-order valence-electron chi connectivity index (χ4n) is 0.883. The number of rotatable bonds is 7.